The largest absolute Gasteiger partial charge is 1.00 e. The summed E-state index contributed by atoms with van der Waals surface area (Å²) in [7, 11) is 23.5. The fourth-order valence-electron chi connectivity index (χ4n) is 7.47. The first-order chi connectivity index (χ1) is 41.7. The van der Waals surface area contributed by atoms with Crippen molar-refractivity contribution in [2.24, 2.45) is 10.2 Å². The van der Waals surface area contributed by atoms with Gasteiger partial charge in [0.2, 0.25) is 5.36 Å². The third kappa shape index (κ3) is 26.2. The standard InChI is InChI=1S/C16H19N3O3S2.C16H18N3S.C8H12N2O3S2.C8H10N2O.C8H12N2.C8H11N.ClH/c1-18(2)13-7-5-12(6-8-13)17-15-10-9-14(19(3)4)11-16(15)23-24(20,21)22;1-18(2)11-5-7-13-15(9-11)20-16-10-12(19(3)4)6-8-14(16)17-13;1-10(2)6-3-4-7(9)8(5-6)14-15(11,12)13;1-10(2)8-5-3-7(9-11)4-6-8;1-10(2)8-5-3-7(9)4-6-8;1-9(2)8-6-4-3-5-7-8;/h5-11H,1-4H3;5-10H,1-4H3;3-5H,9H2,1-2H3,(H,11,12,13);3-6H,1-2H3;3-6H,9H2,1-2H3;3-7H,1-2H3;1H/q;+1;;;;;/p-1. The number of aromatic nitrogens is 1. The van der Waals surface area contributed by atoms with Gasteiger partial charge in [-0.3, -0.25) is 4.55 Å². The van der Waals surface area contributed by atoms with Gasteiger partial charge in [0.1, 0.15) is 33.9 Å². The number of rotatable bonds is 12. The van der Waals surface area contributed by atoms with E-state index >= 15 is 0 Å². The molecule has 0 saturated carbocycles. The Kier molecular flexibility index (Phi) is 30.5. The Balaban J connectivity index is 0.000000292. The van der Waals surface area contributed by atoms with E-state index in [-0.39, 0.29) is 23.2 Å². The number of anilines is 8. The number of halogens is 1. The molecule has 1 heterocycles. The molecule has 6 aromatic rings. The maximum Gasteiger partial charge on any atom is 0.324 e. The van der Waals surface area contributed by atoms with Crippen LogP contribution >= 0.6 is 32.9 Å². The van der Waals surface area contributed by atoms with Crippen molar-refractivity contribution in [2.75, 3.05) is 154 Å². The number of fused-ring (bicyclic) bond motifs is 2. The predicted octanol–water partition coefficient (Wildman–Crippen LogP) is 8.19. The molecule has 0 aromatic heterocycles. The first kappa shape index (κ1) is 76.2. The van der Waals surface area contributed by atoms with Crippen molar-refractivity contribution in [2.45, 2.75) is 9.79 Å². The van der Waals surface area contributed by atoms with Gasteiger partial charge in [0.25, 0.3) is 0 Å². The van der Waals surface area contributed by atoms with Crippen LogP contribution in [0, 0.1) is 4.91 Å². The van der Waals surface area contributed by atoms with Gasteiger partial charge < -0.3 is 57.8 Å². The van der Waals surface area contributed by atoms with Crippen LogP contribution < -0.4 is 63.2 Å². The van der Waals surface area contributed by atoms with Crippen LogP contribution in [0.5, 0.6) is 0 Å². The van der Waals surface area contributed by atoms with Crippen LogP contribution in [0.4, 0.5) is 56.9 Å². The van der Waals surface area contributed by atoms with Gasteiger partial charge in [-0.05, 0) is 149 Å². The summed E-state index contributed by atoms with van der Waals surface area (Å²) in [4.78, 5) is 33.0. The number of nitroso groups, excluding NO2 is 1. The van der Waals surface area contributed by atoms with Crippen molar-refractivity contribution in [3.05, 3.63) is 186 Å². The second-order valence-corrected chi connectivity index (χ2v) is 28.7. The highest BCUT2D eigenvalue weighted by Crippen LogP contribution is 2.37. The molecule has 3 aliphatic rings. The Morgan fingerprint density at radius 1 is 0.533 bits per heavy atom. The molecule has 0 saturated heterocycles. The van der Waals surface area contributed by atoms with Crippen molar-refractivity contribution < 1.29 is 42.9 Å². The molecule has 482 valence electrons. The summed E-state index contributed by atoms with van der Waals surface area (Å²) in [6, 6.07) is 48.1. The lowest BCUT2D eigenvalue weighted by molar-refractivity contribution is -0.462. The minimum absolute atomic E-state index is 0. The van der Waals surface area contributed by atoms with Crippen LogP contribution in [0.3, 0.4) is 0 Å². The molecule has 0 fully saturated rings. The van der Waals surface area contributed by atoms with Crippen molar-refractivity contribution in [3.63, 3.8) is 0 Å². The van der Waals surface area contributed by atoms with Gasteiger partial charge in [0.15, 0.2) is 14.9 Å². The lowest BCUT2D eigenvalue weighted by Crippen LogP contribution is -3.00. The molecule has 20 nitrogen and oxygen atoms in total. The zero-order valence-electron chi connectivity index (χ0n) is 53.6. The number of hydrogen-bond donors (Lipinski definition) is 3. The summed E-state index contributed by atoms with van der Waals surface area (Å²) in [6.07, 6.45) is 7.53. The molecule has 90 heavy (non-hydrogen) atoms. The van der Waals surface area contributed by atoms with E-state index in [0.717, 1.165) is 39.7 Å². The molecule has 0 atom stereocenters. The Hall–Kier alpha value is -8.01. The predicted molar refractivity (Wildman–Crippen MR) is 381 cm³/mol. The maximum absolute atomic E-state index is 11.2. The van der Waals surface area contributed by atoms with E-state index in [1.54, 1.807) is 53.8 Å². The quantitative estimate of drug-likeness (QED) is 0.0198. The fourth-order valence-corrected chi connectivity index (χ4v) is 11.8. The van der Waals surface area contributed by atoms with Gasteiger partial charge in [-0.2, -0.15) is 8.42 Å². The van der Waals surface area contributed by atoms with Crippen LogP contribution in [0.2, 0.25) is 0 Å². The first-order valence-electron chi connectivity index (χ1n) is 27.3. The van der Waals surface area contributed by atoms with Gasteiger partial charge in [-0.1, -0.05) is 18.2 Å². The van der Waals surface area contributed by atoms with E-state index in [2.05, 4.69) is 101 Å². The first-order valence-corrected chi connectivity index (χ1v) is 33.6. The number of nitrogens with zero attached hydrogens (tertiary/aromatic N) is 11. The van der Waals surface area contributed by atoms with Gasteiger partial charge in [0.05, 0.1) is 37.1 Å². The van der Waals surface area contributed by atoms with Gasteiger partial charge in [0, 0.05) is 170 Å². The zero-order chi connectivity index (χ0) is 66.3. The molecule has 26 heteroatoms. The SMILES string of the molecule is CN(C)c1ccc(N)c(SS(=O)(=O)O)c1.CN(C)c1ccc(N)cc1.CN(C)c1ccc(N=C2C=CC(=[N+](C)C)C=C2)c(SS(=O)(=O)[O-])c1.CN(C)c1ccc(N=O)cc1.CN(C)c1ccc2nc3ccc(=[N+](C)C)cc-3sc2c1.CN(C)c1ccccc1.[Cl-]. The van der Waals surface area contributed by atoms with E-state index in [1.807, 2.05) is 194 Å². The molecular formula is C64H82ClN13O7S5. The second-order valence-electron chi connectivity index (χ2n) is 21.2. The van der Waals surface area contributed by atoms with Crippen molar-refractivity contribution in [3.8, 4) is 10.6 Å². The summed E-state index contributed by atoms with van der Waals surface area (Å²) >= 11 is 1.80. The number of hydrogen-bond acceptors (Lipinski definition) is 20. The monoisotopic (exact) mass is 1340 g/mol. The lowest BCUT2D eigenvalue weighted by atomic mass is 10.1. The second kappa shape index (κ2) is 36.0. The molecular weight excluding hydrogens is 1260 g/mol. The zero-order valence-corrected chi connectivity index (χ0v) is 58.5. The molecule has 0 amide bonds. The average Bonchev–Trinajstić information content (AvgIpc) is 1.10. The highest BCUT2D eigenvalue weighted by atomic mass is 35.5. The summed E-state index contributed by atoms with van der Waals surface area (Å²) in [5.41, 5.74) is 23.3. The van der Waals surface area contributed by atoms with Crippen molar-refractivity contribution >= 4 is 130 Å². The van der Waals surface area contributed by atoms with E-state index in [9.17, 15) is 26.3 Å². The summed E-state index contributed by atoms with van der Waals surface area (Å²) < 4.78 is 68.8. The van der Waals surface area contributed by atoms with Crippen molar-refractivity contribution in [1.82, 2.24) is 9.56 Å². The molecule has 5 N–H and O–H groups in total. The molecule has 6 aromatic carbocycles. The molecule has 9 rings (SSSR count). The Morgan fingerprint density at radius 2 is 1.00 bits per heavy atom. The molecule has 0 unspecified atom stereocenters. The Labute approximate surface area is 548 Å². The normalized spacial score (nSPS) is 11.2. The number of benzene rings is 7. The summed E-state index contributed by atoms with van der Waals surface area (Å²) in [6.45, 7) is 0. The van der Waals surface area contributed by atoms with Crippen LogP contribution in [0.15, 0.2) is 196 Å². The van der Waals surface area contributed by atoms with E-state index in [0.29, 0.717) is 43.4 Å². The number of nitrogens with two attached hydrogens (primary N) is 2. The minimum Gasteiger partial charge on any atom is -1.00 e. The Bertz CT molecular complexity index is 4010. The van der Waals surface area contributed by atoms with Gasteiger partial charge >= 0.3 is 9.15 Å². The third-order valence-corrected chi connectivity index (χ3v) is 17.4. The number of allylic oxidation sites excluding steroid dienone is 4. The molecule has 0 radical (unpaired) electrons. The smallest absolute Gasteiger partial charge is 0.324 e. The van der Waals surface area contributed by atoms with Crippen LogP contribution in [-0.2, 0) is 18.3 Å². The third-order valence-electron chi connectivity index (χ3n) is 12.5. The fraction of sp³-hybridized carbons (Fsp3) is 0.250. The van der Waals surface area contributed by atoms with Crippen molar-refractivity contribution in [1.29, 1.82) is 0 Å². The van der Waals surface area contributed by atoms with E-state index < -0.39 is 18.3 Å². The van der Waals surface area contributed by atoms with Crippen LogP contribution in [0.1, 0.15) is 0 Å². The van der Waals surface area contributed by atoms with E-state index in [4.69, 9.17) is 21.0 Å². The number of para-hydroxylation sites is 1. The Morgan fingerprint density at radius 3 is 1.47 bits per heavy atom. The van der Waals surface area contributed by atoms with Crippen LogP contribution in [-0.4, -0.2) is 160 Å². The molecule has 0 bridgehead atoms. The highest BCUT2D eigenvalue weighted by molar-refractivity contribution is 8.70. The highest BCUT2D eigenvalue weighted by Gasteiger charge is 2.14. The van der Waals surface area contributed by atoms with Crippen LogP contribution in [0.25, 0.3) is 20.8 Å². The van der Waals surface area contributed by atoms with E-state index in [1.165, 1.54) is 32.0 Å². The average molecular weight is 1340 g/mol. The van der Waals surface area contributed by atoms with Gasteiger partial charge in [-0.15, -0.1) is 16.2 Å². The molecule has 0 spiro atoms. The minimum atomic E-state index is -4.47. The summed E-state index contributed by atoms with van der Waals surface area (Å²) in [5, 5.41) is 4.01. The lowest BCUT2D eigenvalue weighted by Gasteiger charge is -2.16. The van der Waals surface area contributed by atoms with Gasteiger partial charge in [-0.25, -0.2) is 27.5 Å². The number of nitrogen functional groups attached to an aromatic ring is 2. The summed E-state index contributed by atoms with van der Waals surface area (Å²) in [5.74, 6) is 0. The maximum atomic E-state index is 11.2. The molecule has 1 aliphatic heterocycles. The number of aliphatic imine (C=N–C) groups is 1. The molecule has 2 aliphatic carbocycles. The topological polar surface area (TPSA) is 244 Å².